The first-order chi connectivity index (χ1) is 50.4. The summed E-state index contributed by atoms with van der Waals surface area (Å²) in [6.45, 7) is 6.02. The predicted molar refractivity (Wildman–Crippen MR) is 416 cm³/mol. The van der Waals surface area contributed by atoms with Crippen LogP contribution in [-0.2, 0) is 19.2 Å². The van der Waals surface area contributed by atoms with E-state index in [0.717, 1.165) is 90.4 Å². The van der Waals surface area contributed by atoms with E-state index < -0.39 is 0 Å². The normalized spacial score (nSPS) is 14.7. The minimum absolute atomic E-state index is 0.0945. The molecule has 0 atom stereocenters. The van der Waals surface area contributed by atoms with Crippen LogP contribution in [0.2, 0.25) is 5.02 Å². The van der Waals surface area contributed by atoms with Gasteiger partial charge in [-0.2, -0.15) is 0 Å². The Kier molecular flexibility index (Phi) is 19.6. The lowest BCUT2D eigenvalue weighted by Crippen LogP contribution is -2.25. The summed E-state index contributed by atoms with van der Waals surface area (Å²) in [5.41, 5.74) is 18.3. The SMILES string of the molecule is Cc1cc(Cl)cc(N=C2C(=O)N(c3ccccc3)c3ccccc32)c1.Cc1ccc(N=C2C(=O)N(c3ccccc3)c3ccccc32)cc1.Cc1ccc(N=C2C(=O)N(c3ccccc3)c3ccccc32)cc1.O=C1C(=Nc2ccc(Oc3ccccc3)cc2)c2ccccc2N1c1ccccc1. The smallest absolute Gasteiger partial charge is 0.282 e. The largest absolute Gasteiger partial charge is 0.457 e. The highest BCUT2D eigenvalue weighted by Gasteiger charge is 2.38. The quantitative estimate of drug-likeness (QED) is 0.134. The molecule has 0 saturated carbocycles. The molecule has 13 aromatic carbocycles. The van der Waals surface area contributed by atoms with Crippen molar-refractivity contribution >= 4 is 126 Å². The lowest BCUT2D eigenvalue weighted by Gasteiger charge is -2.16. The van der Waals surface area contributed by atoms with Crippen molar-refractivity contribution in [1.29, 1.82) is 0 Å². The van der Waals surface area contributed by atoms with Gasteiger partial charge in [-0.05, 0) is 178 Å². The van der Waals surface area contributed by atoms with E-state index in [4.69, 9.17) is 16.3 Å². The van der Waals surface area contributed by atoms with Crippen molar-refractivity contribution in [2.24, 2.45) is 20.0 Å². The minimum Gasteiger partial charge on any atom is -0.457 e. The Morgan fingerprint density at radius 1 is 0.252 bits per heavy atom. The van der Waals surface area contributed by atoms with E-state index in [2.05, 4.69) is 20.0 Å². The second-order valence-corrected chi connectivity index (χ2v) is 24.8. The number of hydrogen-bond acceptors (Lipinski definition) is 9. The average molecular weight is 1360 g/mol. The zero-order valence-electron chi connectivity index (χ0n) is 56.3. The van der Waals surface area contributed by atoms with Gasteiger partial charge in [-0.15, -0.1) is 0 Å². The van der Waals surface area contributed by atoms with Gasteiger partial charge in [-0.3, -0.25) is 38.8 Å². The first-order valence-corrected chi connectivity index (χ1v) is 33.8. The van der Waals surface area contributed by atoms with Gasteiger partial charge in [0.1, 0.15) is 34.3 Å². The van der Waals surface area contributed by atoms with E-state index in [0.29, 0.717) is 45.0 Å². The van der Waals surface area contributed by atoms with Crippen LogP contribution in [0.5, 0.6) is 11.5 Å². The Hall–Kier alpha value is -13.5. The van der Waals surface area contributed by atoms with E-state index in [-0.39, 0.29) is 23.6 Å². The fraction of sp³-hybridized carbons (Fsp3) is 0.0337. The lowest BCUT2D eigenvalue weighted by molar-refractivity contribution is -0.112. The number of nitrogens with zero attached hydrogens (tertiary/aromatic N) is 8. The average Bonchev–Trinajstić information content (AvgIpc) is 1.64. The van der Waals surface area contributed by atoms with Crippen molar-refractivity contribution < 1.29 is 23.9 Å². The van der Waals surface area contributed by atoms with E-state index in [1.54, 1.807) is 25.7 Å². The fourth-order valence-electron chi connectivity index (χ4n) is 12.3. The van der Waals surface area contributed by atoms with Gasteiger partial charge in [0.05, 0.1) is 45.5 Å². The monoisotopic (exact) mass is 1360 g/mol. The third-order valence-corrected chi connectivity index (χ3v) is 17.4. The molecule has 0 spiro atoms. The van der Waals surface area contributed by atoms with Crippen LogP contribution in [0.25, 0.3) is 0 Å². The molecule has 0 aliphatic carbocycles. The van der Waals surface area contributed by atoms with Crippen LogP contribution in [0.1, 0.15) is 38.9 Å². The molecule has 4 amide bonds. The number of para-hydroxylation sites is 9. The molecule has 4 aliphatic rings. The number of anilines is 8. The minimum atomic E-state index is -0.134. The molecular weight excluding hydrogens is 1300 g/mol. The highest BCUT2D eigenvalue weighted by molar-refractivity contribution is 6.58. The Morgan fingerprint density at radius 2 is 0.505 bits per heavy atom. The highest BCUT2D eigenvalue weighted by atomic mass is 35.5. The van der Waals surface area contributed by atoms with Gasteiger partial charge in [0.2, 0.25) is 0 Å². The fourth-order valence-corrected chi connectivity index (χ4v) is 12.6. The molecule has 0 saturated heterocycles. The van der Waals surface area contributed by atoms with E-state index in [1.165, 1.54) is 11.1 Å². The summed E-state index contributed by atoms with van der Waals surface area (Å²) in [4.78, 5) is 77.8. The van der Waals surface area contributed by atoms with Gasteiger partial charge in [0, 0.05) is 50.0 Å². The van der Waals surface area contributed by atoms with Gasteiger partial charge < -0.3 is 4.74 Å². The molecule has 13 nitrogen and oxygen atoms in total. The van der Waals surface area contributed by atoms with Crippen LogP contribution in [0.4, 0.5) is 68.2 Å². The van der Waals surface area contributed by atoms with Crippen molar-refractivity contribution in [3.63, 3.8) is 0 Å². The number of fused-ring (bicyclic) bond motifs is 4. The third kappa shape index (κ3) is 14.7. The Balaban J connectivity index is 0.000000117. The van der Waals surface area contributed by atoms with E-state index >= 15 is 0 Å². The molecule has 4 aliphatic heterocycles. The lowest BCUT2D eigenvalue weighted by atomic mass is 10.1. The van der Waals surface area contributed by atoms with Gasteiger partial charge in [-0.25, -0.2) is 20.0 Å². The molecule has 13 aromatic rings. The first kappa shape index (κ1) is 66.7. The number of carbonyl (C=O) groups excluding carboxylic acids is 4. The van der Waals surface area contributed by atoms with Gasteiger partial charge in [-0.1, -0.05) is 211 Å². The molecule has 0 fully saturated rings. The van der Waals surface area contributed by atoms with Gasteiger partial charge in [0.25, 0.3) is 23.6 Å². The van der Waals surface area contributed by atoms with Crippen LogP contribution < -0.4 is 24.3 Å². The van der Waals surface area contributed by atoms with Crippen LogP contribution >= 0.6 is 11.6 Å². The number of rotatable bonds is 10. The van der Waals surface area contributed by atoms with Crippen molar-refractivity contribution in [2.45, 2.75) is 20.8 Å². The second-order valence-electron chi connectivity index (χ2n) is 24.4. The summed E-state index contributed by atoms with van der Waals surface area (Å²) in [5.74, 6) is 1.03. The summed E-state index contributed by atoms with van der Waals surface area (Å²) in [6.07, 6.45) is 0. The molecule has 17 rings (SSSR count). The van der Waals surface area contributed by atoms with Crippen molar-refractivity contribution in [2.75, 3.05) is 19.6 Å². The van der Waals surface area contributed by atoms with E-state index in [9.17, 15) is 19.2 Å². The number of aliphatic imine (C=N–C) groups is 4. The summed E-state index contributed by atoms with van der Waals surface area (Å²) in [7, 11) is 0. The highest BCUT2D eigenvalue weighted by Crippen LogP contribution is 2.41. The number of hydrogen-bond donors (Lipinski definition) is 0. The van der Waals surface area contributed by atoms with Crippen molar-refractivity contribution in [3.05, 3.63) is 384 Å². The number of amides is 4. The Bertz CT molecular complexity index is 5250. The summed E-state index contributed by atoms with van der Waals surface area (Å²) >= 11 is 6.13. The van der Waals surface area contributed by atoms with Crippen LogP contribution in [-0.4, -0.2) is 46.5 Å². The molecule has 0 aromatic heterocycles. The number of halogens is 1. The summed E-state index contributed by atoms with van der Waals surface area (Å²) in [5, 5.41) is 0.609. The number of benzene rings is 13. The van der Waals surface area contributed by atoms with Crippen molar-refractivity contribution in [1.82, 2.24) is 0 Å². The van der Waals surface area contributed by atoms with Crippen LogP contribution in [0, 0.1) is 20.8 Å². The van der Waals surface area contributed by atoms with Crippen LogP contribution in [0.3, 0.4) is 0 Å². The maximum atomic E-state index is 13.2. The summed E-state index contributed by atoms with van der Waals surface area (Å²) < 4.78 is 5.83. The zero-order valence-corrected chi connectivity index (χ0v) is 57.1. The molecule has 103 heavy (non-hydrogen) atoms. The van der Waals surface area contributed by atoms with E-state index in [1.807, 2.05) is 354 Å². The predicted octanol–water partition coefficient (Wildman–Crippen LogP) is 21.3. The Morgan fingerprint density at radius 3 is 0.806 bits per heavy atom. The van der Waals surface area contributed by atoms with Crippen LogP contribution in [0.15, 0.2) is 360 Å². The topological polar surface area (TPSA) is 140 Å². The van der Waals surface area contributed by atoms with Crippen molar-refractivity contribution in [3.8, 4) is 11.5 Å². The molecule has 0 N–H and O–H groups in total. The molecule has 0 unspecified atom stereocenters. The molecule has 4 heterocycles. The third-order valence-electron chi connectivity index (χ3n) is 17.2. The number of aryl methyl sites for hydroxylation is 3. The molecular formula is C89H65ClN8O5. The molecule has 498 valence electrons. The standard InChI is InChI=1S/C26H18N2O2.C21H15ClN2O.2C21H16N2O/c29-26-25(23-13-7-8-14-24(23)28(26)20-9-3-1-4-10-20)27-19-15-17-22(18-16-19)30-21-11-5-2-6-12-21;1-14-11-15(22)13-16(12-14)23-20-18-9-5-6-10-19(18)24(21(20)25)17-7-3-2-4-8-17;2*1-15-11-13-16(14-12-15)22-20-18-9-5-6-10-19(18)23(21(20)24)17-7-3-2-4-8-17/h1-18H;2-13H,1H3;2*2-14H,1H3. The van der Waals surface area contributed by atoms with Gasteiger partial charge >= 0.3 is 0 Å². The molecule has 0 radical (unpaired) electrons. The number of carbonyl (C=O) groups is 4. The first-order valence-electron chi connectivity index (χ1n) is 33.4. The Labute approximate surface area is 602 Å². The maximum absolute atomic E-state index is 13.2. The zero-order chi connectivity index (χ0) is 70.8. The second kappa shape index (κ2) is 30.3. The molecule has 14 heteroatoms. The summed E-state index contributed by atoms with van der Waals surface area (Å²) in [6, 6.07) is 108. The molecule has 0 bridgehead atoms. The van der Waals surface area contributed by atoms with Gasteiger partial charge in [0.15, 0.2) is 0 Å². The maximum Gasteiger partial charge on any atom is 0.282 e. The number of ether oxygens (including phenoxy) is 1.